The molecule has 1 aliphatic rings. The quantitative estimate of drug-likeness (QED) is 0.535. The van der Waals surface area contributed by atoms with Crippen molar-refractivity contribution in [1.82, 2.24) is 4.90 Å². The highest BCUT2D eigenvalue weighted by atomic mass is 17.0. The summed E-state index contributed by atoms with van der Waals surface area (Å²) in [6, 6.07) is 8.00. The monoisotopic (exact) mass is 194 g/mol. The minimum absolute atomic E-state index is 0.0433. The molecule has 0 atom stereocenters. The van der Waals surface area contributed by atoms with Crippen LogP contribution in [0.3, 0.4) is 0 Å². The molecule has 0 saturated heterocycles. The summed E-state index contributed by atoms with van der Waals surface area (Å²) in [5, 5.41) is 9.22. The summed E-state index contributed by atoms with van der Waals surface area (Å²) in [6.07, 6.45) is 0. The SMILES string of the molecule is O=[N+]([O-])OCN1Cc2ccccc2C1. The van der Waals surface area contributed by atoms with Crippen LogP contribution in [-0.4, -0.2) is 16.7 Å². The molecule has 0 aliphatic carbocycles. The van der Waals surface area contributed by atoms with Crippen LogP contribution in [0.25, 0.3) is 0 Å². The standard InChI is InChI=1S/C9H10N2O3/c12-11(13)14-7-10-5-8-3-1-2-4-9(8)6-10/h1-4H,5-7H2. The molecule has 5 nitrogen and oxygen atoms in total. The molecular weight excluding hydrogens is 184 g/mol. The summed E-state index contributed by atoms with van der Waals surface area (Å²) in [4.78, 5) is 16.2. The normalized spacial score (nSPS) is 15.1. The Kier molecular flexibility index (Phi) is 2.32. The van der Waals surface area contributed by atoms with Crippen LogP contribution in [0.4, 0.5) is 0 Å². The number of nitrogens with zero attached hydrogens (tertiary/aromatic N) is 2. The molecular formula is C9H10N2O3. The summed E-state index contributed by atoms with van der Waals surface area (Å²) in [5.74, 6) is 0. The number of fused-ring (bicyclic) bond motifs is 1. The Balaban J connectivity index is 1.95. The van der Waals surface area contributed by atoms with Gasteiger partial charge in [0, 0.05) is 13.1 Å². The first-order chi connectivity index (χ1) is 6.75. The van der Waals surface area contributed by atoms with Gasteiger partial charge in [-0.25, -0.2) is 0 Å². The van der Waals surface area contributed by atoms with Gasteiger partial charge in [-0.2, -0.15) is 0 Å². The summed E-state index contributed by atoms with van der Waals surface area (Å²) >= 11 is 0. The molecule has 5 heteroatoms. The number of hydrogen-bond donors (Lipinski definition) is 0. The van der Waals surface area contributed by atoms with Crippen molar-refractivity contribution in [2.24, 2.45) is 0 Å². The summed E-state index contributed by atoms with van der Waals surface area (Å²) in [7, 11) is 0. The molecule has 0 saturated carbocycles. The van der Waals surface area contributed by atoms with Gasteiger partial charge in [0.15, 0.2) is 0 Å². The van der Waals surface area contributed by atoms with Crippen LogP contribution in [-0.2, 0) is 17.9 Å². The van der Waals surface area contributed by atoms with E-state index in [0.29, 0.717) is 0 Å². The van der Waals surface area contributed by atoms with E-state index in [0.717, 1.165) is 13.1 Å². The van der Waals surface area contributed by atoms with Gasteiger partial charge in [0.25, 0.3) is 5.09 Å². The lowest BCUT2D eigenvalue weighted by molar-refractivity contribution is -0.762. The number of benzene rings is 1. The fraction of sp³-hybridized carbons (Fsp3) is 0.333. The van der Waals surface area contributed by atoms with E-state index < -0.39 is 5.09 Å². The van der Waals surface area contributed by atoms with Gasteiger partial charge in [-0.15, -0.1) is 10.1 Å². The first kappa shape index (κ1) is 8.96. The lowest BCUT2D eigenvalue weighted by atomic mass is 10.1. The maximum Gasteiger partial charge on any atom is 0.295 e. The zero-order valence-corrected chi connectivity index (χ0v) is 7.55. The van der Waals surface area contributed by atoms with E-state index >= 15 is 0 Å². The van der Waals surface area contributed by atoms with Crippen LogP contribution >= 0.6 is 0 Å². The van der Waals surface area contributed by atoms with Gasteiger partial charge in [-0.3, -0.25) is 9.74 Å². The maximum absolute atomic E-state index is 9.99. The molecule has 1 aromatic rings. The first-order valence-corrected chi connectivity index (χ1v) is 4.32. The Labute approximate surface area is 81.0 Å². The molecule has 0 N–H and O–H groups in total. The van der Waals surface area contributed by atoms with E-state index in [1.165, 1.54) is 11.1 Å². The average molecular weight is 194 g/mol. The molecule has 2 rings (SSSR count). The highest BCUT2D eigenvalue weighted by molar-refractivity contribution is 5.29. The van der Waals surface area contributed by atoms with Crippen molar-refractivity contribution in [1.29, 1.82) is 0 Å². The van der Waals surface area contributed by atoms with Crippen LogP contribution in [0.5, 0.6) is 0 Å². The molecule has 0 aromatic heterocycles. The zero-order chi connectivity index (χ0) is 9.97. The Morgan fingerprint density at radius 3 is 2.43 bits per heavy atom. The van der Waals surface area contributed by atoms with E-state index in [2.05, 4.69) is 4.84 Å². The maximum atomic E-state index is 9.99. The van der Waals surface area contributed by atoms with E-state index in [9.17, 15) is 10.1 Å². The van der Waals surface area contributed by atoms with Crippen molar-refractivity contribution >= 4 is 0 Å². The highest BCUT2D eigenvalue weighted by Crippen LogP contribution is 2.21. The second-order valence-corrected chi connectivity index (χ2v) is 3.24. The van der Waals surface area contributed by atoms with Crippen LogP contribution < -0.4 is 0 Å². The molecule has 1 heterocycles. The summed E-state index contributed by atoms with van der Waals surface area (Å²) in [5.41, 5.74) is 2.44. The largest absolute Gasteiger partial charge is 0.298 e. The van der Waals surface area contributed by atoms with Crippen LogP contribution in [0.15, 0.2) is 24.3 Å². The van der Waals surface area contributed by atoms with Gasteiger partial charge in [0.2, 0.25) is 0 Å². The van der Waals surface area contributed by atoms with Crippen molar-refractivity contribution in [2.75, 3.05) is 6.73 Å². The predicted octanol–water partition coefficient (Wildman–Crippen LogP) is 1.17. The van der Waals surface area contributed by atoms with E-state index in [4.69, 9.17) is 0 Å². The lowest BCUT2D eigenvalue weighted by Gasteiger charge is -2.11. The Morgan fingerprint density at radius 1 is 1.36 bits per heavy atom. The van der Waals surface area contributed by atoms with Gasteiger partial charge in [0.05, 0.1) is 0 Å². The first-order valence-electron chi connectivity index (χ1n) is 4.32. The van der Waals surface area contributed by atoms with Gasteiger partial charge in [0.1, 0.15) is 6.73 Å². The predicted molar refractivity (Wildman–Crippen MR) is 48.6 cm³/mol. The minimum atomic E-state index is -0.761. The molecule has 0 amide bonds. The molecule has 1 aliphatic heterocycles. The second-order valence-electron chi connectivity index (χ2n) is 3.24. The molecule has 0 bridgehead atoms. The van der Waals surface area contributed by atoms with E-state index in [1.807, 2.05) is 29.2 Å². The van der Waals surface area contributed by atoms with Crippen LogP contribution in [0.2, 0.25) is 0 Å². The Hall–Kier alpha value is -1.62. The molecule has 0 spiro atoms. The fourth-order valence-corrected chi connectivity index (χ4v) is 1.62. The lowest BCUT2D eigenvalue weighted by Crippen LogP contribution is -2.22. The fourth-order valence-electron chi connectivity index (χ4n) is 1.62. The second kappa shape index (κ2) is 3.63. The summed E-state index contributed by atoms with van der Waals surface area (Å²) < 4.78 is 0. The zero-order valence-electron chi connectivity index (χ0n) is 7.55. The van der Waals surface area contributed by atoms with Crippen molar-refractivity contribution in [3.8, 4) is 0 Å². The highest BCUT2D eigenvalue weighted by Gasteiger charge is 2.18. The third-order valence-electron chi connectivity index (χ3n) is 2.25. The van der Waals surface area contributed by atoms with E-state index in [-0.39, 0.29) is 6.73 Å². The van der Waals surface area contributed by atoms with Gasteiger partial charge < -0.3 is 0 Å². The molecule has 14 heavy (non-hydrogen) atoms. The van der Waals surface area contributed by atoms with Gasteiger partial charge >= 0.3 is 0 Å². The van der Waals surface area contributed by atoms with Crippen LogP contribution in [0.1, 0.15) is 11.1 Å². The Bertz CT molecular complexity index is 329. The van der Waals surface area contributed by atoms with Crippen molar-refractivity contribution in [2.45, 2.75) is 13.1 Å². The summed E-state index contributed by atoms with van der Waals surface area (Å²) in [6.45, 7) is 1.50. The number of rotatable bonds is 3. The molecule has 1 aromatic carbocycles. The topological polar surface area (TPSA) is 55.6 Å². The third-order valence-corrected chi connectivity index (χ3v) is 2.25. The average Bonchev–Trinajstić information content (AvgIpc) is 2.57. The van der Waals surface area contributed by atoms with Gasteiger partial charge in [-0.05, 0) is 11.1 Å². The third kappa shape index (κ3) is 1.82. The Morgan fingerprint density at radius 2 is 1.93 bits per heavy atom. The molecule has 0 unspecified atom stereocenters. The molecule has 74 valence electrons. The van der Waals surface area contributed by atoms with Crippen molar-refractivity contribution < 1.29 is 9.92 Å². The smallest absolute Gasteiger partial charge is 0.295 e. The van der Waals surface area contributed by atoms with Gasteiger partial charge in [-0.1, -0.05) is 24.3 Å². The number of hydrogen-bond acceptors (Lipinski definition) is 4. The van der Waals surface area contributed by atoms with Crippen LogP contribution in [0, 0.1) is 10.1 Å². The molecule has 0 radical (unpaired) electrons. The minimum Gasteiger partial charge on any atom is -0.298 e. The molecule has 0 fully saturated rings. The van der Waals surface area contributed by atoms with Crippen molar-refractivity contribution in [3.05, 3.63) is 45.5 Å². The van der Waals surface area contributed by atoms with Crippen molar-refractivity contribution in [3.63, 3.8) is 0 Å². The van der Waals surface area contributed by atoms with E-state index in [1.54, 1.807) is 0 Å².